The summed E-state index contributed by atoms with van der Waals surface area (Å²) in [6.07, 6.45) is -4.79. The molecule has 0 aromatic heterocycles. The highest BCUT2D eigenvalue weighted by molar-refractivity contribution is 5.99. The van der Waals surface area contributed by atoms with Crippen LogP contribution in [-0.4, -0.2) is 50.1 Å². The molecule has 0 saturated carbocycles. The average molecular weight is 430 g/mol. The van der Waals surface area contributed by atoms with Gasteiger partial charge in [0.25, 0.3) is 5.91 Å². The topological polar surface area (TPSA) is 114 Å². The van der Waals surface area contributed by atoms with Gasteiger partial charge in [0.15, 0.2) is 0 Å². The van der Waals surface area contributed by atoms with Gasteiger partial charge in [-0.05, 0) is 18.2 Å². The van der Waals surface area contributed by atoms with Crippen molar-refractivity contribution in [1.82, 2.24) is 5.32 Å². The number of hydrogen-bond acceptors (Lipinski definition) is 5. The molecule has 1 atom stereocenters. The Balaban J connectivity index is 2.28. The van der Waals surface area contributed by atoms with Crippen LogP contribution in [0.4, 0.5) is 24.5 Å². The van der Waals surface area contributed by atoms with Gasteiger partial charge in [0.2, 0.25) is 11.8 Å². The molecule has 2 rings (SSSR count). The fourth-order valence-corrected chi connectivity index (χ4v) is 2.66. The van der Waals surface area contributed by atoms with Gasteiger partial charge in [-0.1, -0.05) is 20.8 Å². The summed E-state index contributed by atoms with van der Waals surface area (Å²) in [5, 5.41) is 4.61. The van der Waals surface area contributed by atoms with E-state index in [4.69, 9.17) is 10.5 Å². The van der Waals surface area contributed by atoms with Gasteiger partial charge in [-0.2, -0.15) is 13.2 Å². The summed E-state index contributed by atoms with van der Waals surface area (Å²) in [5.74, 6) is -1.81. The van der Waals surface area contributed by atoms with Gasteiger partial charge in [0.05, 0.1) is 17.9 Å². The van der Waals surface area contributed by atoms with Crippen LogP contribution in [0.2, 0.25) is 0 Å². The molecule has 1 fully saturated rings. The molecule has 30 heavy (non-hydrogen) atoms. The summed E-state index contributed by atoms with van der Waals surface area (Å²) in [6.45, 7) is 4.69. The Hall–Kier alpha value is -2.66. The second-order valence-electron chi connectivity index (χ2n) is 7.83. The zero-order valence-corrected chi connectivity index (χ0v) is 16.9. The first kappa shape index (κ1) is 23.6. The lowest BCUT2D eigenvalue weighted by Crippen LogP contribution is -2.51. The molecule has 0 bridgehead atoms. The Labute approximate surface area is 171 Å². The number of nitrogens with two attached hydrogens (primary N) is 1. The summed E-state index contributed by atoms with van der Waals surface area (Å²) in [6, 6.07) is 1.96. The summed E-state index contributed by atoms with van der Waals surface area (Å²) in [5.41, 5.74) is 3.14. The van der Waals surface area contributed by atoms with Gasteiger partial charge in [0, 0.05) is 24.2 Å². The van der Waals surface area contributed by atoms with E-state index in [0.717, 1.165) is 12.1 Å². The number of morpholine rings is 1. The fourth-order valence-electron chi connectivity index (χ4n) is 2.66. The van der Waals surface area contributed by atoms with Crippen LogP contribution < -0.4 is 21.3 Å². The predicted molar refractivity (Wildman–Crippen MR) is 104 cm³/mol. The van der Waals surface area contributed by atoms with Crippen LogP contribution in [-0.2, 0) is 25.3 Å². The SMILES string of the molecule is CC(C)(C)C(=O)N[C@@H](CN)C(=O)Nc1ccc(N2CCOCC2=O)cc1C(F)(F)F. The van der Waals surface area contributed by atoms with Crippen LogP contribution in [0.1, 0.15) is 26.3 Å². The van der Waals surface area contributed by atoms with Crippen molar-refractivity contribution in [3.8, 4) is 0 Å². The first-order valence-electron chi connectivity index (χ1n) is 9.26. The molecule has 0 spiro atoms. The number of alkyl halides is 3. The van der Waals surface area contributed by atoms with Gasteiger partial charge in [-0.15, -0.1) is 0 Å². The number of carbonyl (C=O) groups excluding carboxylic acids is 3. The lowest BCUT2D eigenvalue weighted by molar-refractivity contribution is -0.137. The molecule has 1 aromatic rings. The molecule has 1 aliphatic rings. The Kier molecular flexibility index (Phi) is 7.09. The number of ether oxygens (including phenoxy) is 1. The monoisotopic (exact) mass is 430 g/mol. The molecule has 1 aromatic carbocycles. The molecule has 0 radical (unpaired) electrons. The van der Waals surface area contributed by atoms with Crippen LogP contribution in [0, 0.1) is 5.41 Å². The van der Waals surface area contributed by atoms with E-state index < -0.39 is 46.6 Å². The molecule has 0 aliphatic carbocycles. The maximum Gasteiger partial charge on any atom is 0.418 e. The predicted octanol–water partition coefficient (Wildman–Crippen LogP) is 1.50. The van der Waals surface area contributed by atoms with E-state index in [-0.39, 0.29) is 32.0 Å². The third-order valence-corrected chi connectivity index (χ3v) is 4.40. The summed E-state index contributed by atoms with van der Waals surface area (Å²) in [7, 11) is 0. The van der Waals surface area contributed by atoms with Crippen LogP contribution in [0.25, 0.3) is 0 Å². The highest BCUT2D eigenvalue weighted by atomic mass is 19.4. The number of nitrogens with one attached hydrogen (secondary N) is 2. The highest BCUT2D eigenvalue weighted by Gasteiger charge is 2.36. The standard InChI is InChI=1S/C19H25F3N4O4/c1-18(2,3)17(29)25-14(9-23)16(28)24-13-5-4-11(8-12(13)19(20,21)22)26-6-7-30-10-15(26)27/h4-5,8,14H,6-7,9-10,23H2,1-3H3,(H,24,28)(H,25,29)/t14-/m0/s1. The number of hydrogen-bond donors (Lipinski definition) is 3. The van der Waals surface area contributed by atoms with Gasteiger partial charge in [0.1, 0.15) is 12.6 Å². The molecule has 4 N–H and O–H groups in total. The first-order chi connectivity index (χ1) is 13.8. The molecule has 8 nitrogen and oxygen atoms in total. The third kappa shape index (κ3) is 5.70. The number of halogens is 3. The van der Waals surface area contributed by atoms with Crippen LogP contribution in [0.3, 0.4) is 0 Å². The molecule has 0 unspecified atom stereocenters. The number of rotatable bonds is 5. The number of anilines is 2. The van der Waals surface area contributed by atoms with Crippen molar-refractivity contribution >= 4 is 29.1 Å². The van der Waals surface area contributed by atoms with Crippen molar-refractivity contribution in [2.75, 3.05) is 36.5 Å². The molecular weight excluding hydrogens is 405 g/mol. The van der Waals surface area contributed by atoms with Crippen molar-refractivity contribution in [2.24, 2.45) is 11.1 Å². The van der Waals surface area contributed by atoms with E-state index >= 15 is 0 Å². The Morgan fingerprint density at radius 1 is 1.27 bits per heavy atom. The lowest BCUT2D eigenvalue weighted by Gasteiger charge is -2.28. The number of amides is 3. The summed E-state index contributed by atoms with van der Waals surface area (Å²) < 4.78 is 45.8. The van der Waals surface area contributed by atoms with E-state index in [1.54, 1.807) is 20.8 Å². The quantitative estimate of drug-likeness (QED) is 0.655. The zero-order valence-electron chi connectivity index (χ0n) is 16.9. The largest absolute Gasteiger partial charge is 0.418 e. The Bertz CT molecular complexity index is 821. The molecule has 3 amide bonds. The van der Waals surface area contributed by atoms with E-state index in [0.29, 0.717) is 0 Å². The number of benzene rings is 1. The van der Waals surface area contributed by atoms with E-state index in [9.17, 15) is 27.6 Å². The van der Waals surface area contributed by atoms with Crippen LogP contribution in [0.15, 0.2) is 18.2 Å². The zero-order chi connectivity index (χ0) is 22.7. The lowest BCUT2D eigenvalue weighted by atomic mass is 9.95. The minimum Gasteiger partial charge on any atom is -0.370 e. The Morgan fingerprint density at radius 2 is 1.93 bits per heavy atom. The summed E-state index contributed by atoms with van der Waals surface area (Å²) in [4.78, 5) is 37.7. The minimum absolute atomic E-state index is 0.0463. The Morgan fingerprint density at radius 3 is 2.47 bits per heavy atom. The smallest absolute Gasteiger partial charge is 0.370 e. The number of nitrogens with zero attached hydrogens (tertiary/aromatic N) is 1. The molecule has 11 heteroatoms. The maximum absolute atomic E-state index is 13.6. The number of carbonyl (C=O) groups is 3. The van der Waals surface area contributed by atoms with Crippen molar-refractivity contribution < 1.29 is 32.3 Å². The molecule has 1 saturated heterocycles. The van der Waals surface area contributed by atoms with E-state index in [1.807, 2.05) is 0 Å². The average Bonchev–Trinajstić information content (AvgIpc) is 2.65. The van der Waals surface area contributed by atoms with Gasteiger partial charge < -0.3 is 26.0 Å². The van der Waals surface area contributed by atoms with Crippen molar-refractivity contribution in [3.63, 3.8) is 0 Å². The third-order valence-electron chi connectivity index (χ3n) is 4.40. The minimum atomic E-state index is -4.79. The van der Waals surface area contributed by atoms with E-state index in [2.05, 4.69) is 10.6 Å². The van der Waals surface area contributed by atoms with Crippen molar-refractivity contribution in [3.05, 3.63) is 23.8 Å². The van der Waals surface area contributed by atoms with Crippen LogP contribution >= 0.6 is 0 Å². The van der Waals surface area contributed by atoms with Gasteiger partial charge in [-0.25, -0.2) is 0 Å². The second-order valence-corrected chi connectivity index (χ2v) is 7.83. The molecule has 1 aliphatic heterocycles. The van der Waals surface area contributed by atoms with Crippen molar-refractivity contribution in [1.29, 1.82) is 0 Å². The highest BCUT2D eigenvalue weighted by Crippen LogP contribution is 2.37. The van der Waals surface area contributed by atoms with E-state index in [1.165, 1.54) is 11.0 Å². The normalized spacial score (nSPS) is 16.2. The fraction of sp³-hybridized carbons (Fsp3) is 0.526. The second kappa shape index (κ2) is 9.00. The van der Waals surface area contributed by atoms with Crippen LogP contribution in [0.5, 0.6) is 0 Å². The molecule has 166 valence electrons. The van der Waals surface area contributed by atoms with Crippen molar-refractivity contribution in [2.45, 2.75) is 33.0 Å². The summed E-state index contributed by atoms with van der Waals surface area (Å²) >= 11 is 0. The maximum atomic E-state index is 13.6. The van der Waals surface area contributed by atoms with Gasteiger partial charge >= 0.3 is 6.18 Å². The molecular formula is C19H25F3N4O4. The van der Waals surface area contributed by atoms with Gasteiger partial charge in [-0.3, -0.25) is 14.4 Å². The molecule has 1 heterocycles. The first-order valence-corrected chi connectivity index (χ1v) is 9.26.